The van der Waals surface area contributed by atoms with Crippen LogP contribution in [0.5, 0.6) is 17.2 Å². The predicted octanol–water partition coefficient (Wildman–Crippen LogP) is 0.983. The maximum atomic E-state index is 13.6. The molecular formula is C27H29NO10. The fourth-order valence-corrected chi connectivity index (χ4v) is 6.18. The molecule has 2 aromatic carbocycles. The van der Waals surface area contributed by atoms with E-state index in [0.717, 1.165) is 0 Å². The molecule has 2 aromatic rings. The van der Waals surface area contributed by atoms with Crippen LogP contribution in [0.4, 0.5) is 0 Å². The molecule has 1 aliphatic heterocycles. The van der Waals surface area contributed by atoms with Gasteiger partial charge in [0, 0.05) is 29.2 Å². The molecule has 11 heteroatoms. The van der Waals surface area contributed by atoms with Gasteiger partial charge in [0.2, 0.25) is 5.78 Å². The number of ether oxygens (including phenoxy) is 2. The number of aliphatic hydroxyl groups excluding tert-OH is 1. The number of aliphatic carboxylic acids is 1. The number of fused-ring (bicyclic) bond motifs is 3. The Bertz CT molecular complexity index is 1360. The van der Waals surface area contributed by atoms with Gasteiger partial charge < -0.3 is 40.7 Å². The summed E-state index contributed by atoms with van der Waals surface area (Å²) >= 11 is 0. The second-order valence-electron chi connectivity index (χ2n) is 10.4. The molecule has 1 fully saturated rings. The molecule has 0 spiro atoms. The third kappa shape index (κ3) is 3.77. The minimum atomic E-state index is -2.32. The van der Waals surface area contributed by atoms with Gasteiger partial charge in [0.25, 0.3) is 0 Å². The van der Waals surface area contributed by atoms with Crippen LogP contribution in [-0.4, -0.2) is 80.1 Å². The van der Waals surface area contributed by atoms with Crippen molar-refractivity contribution in [3.05, 3.63) is 51.6 Å². The molecule has 3 aliphatic rings. The van der Waals surface area contributed by atoms with Crippen LogP contribution in [0.15, 0.2) is 18.2 Å². The molecule has 0 saturated carbocycles. The predicted molar refractivity (Wildman–Crippen MR) is 131 cm³/mol. The van der Waals surface area contributed by atoms with Crippen molar-refractivity contribution in [3.63, 3.8) is 0 Å². The first kappa shape index (κ1) is 26.1. The number of phenolic OH excluding ortho intramolecular Hbond substituents is 2. The lowest BCUT2D eigenvalue weighted by atomic mass is 9.68. The summed E-state index contributed by atoms with van der Waals surface area (Å²) in [6.07, 6.45) is -2.73. The van der Waals surface area contributed by atoms with E-state index in [9.17, 15) is 39.9 Å². The van der Waals surface area contributed by atoms with E-state index in [4.69, 9.17) is 15.2 Å². The summed E-state index contributed by atoms with van der Waals surface area (Å²) in [5, 5.41) is 53.8. The number of phenols is 2. The maximum absolute atomic E-state index is 13.6. The van der Waals surface area contributed by atoms with Crippen molar-refractivity contribution in [1.82, 2.24) is 0 Å². The fourth-order valence-electron chi connectivity index (χ4n) is 6.18. The van der Waals surface area contributed by atoms with Gasteiger partial charge in [-0.3, -0.25) is 9.59 Å². The summed E-state index contributed by atoms with van der Waals surface area (Å²) < 4.78 is 11.1. The highest BCUT2D eigenvalue weighted by Gasteiger charge is 2.50. The number of carbonyl (C=O) groups excluding carboxylic acids is 2. The summed E-state index contributed by atoms with van der Waals surface area (Å²) in [4.78, 5) is 39.2. The Morgan fingerprint density at radius 3 is 2.47 bits per heavy atom. The van der Waals surface area contributed by atoms with Crippen LogP contribution in [0.25, 0.3) is 0 Å². The van der Waals surface area contributed by atoms with Gasteiger partial charge in [-0.2, -0.15) is 0 Å². The zero-order valence-electron chi connectivity index (χ0n) is 20.8. The monoisotopic (exact) mass is 527 g/mol. The number of nitrogens with two attached hydrogens (primary N) is 1. The zero-order valence-corrected chi connectivity index (χ0v) is 20.8. The Morgan fingerprint density at radius 2 is 1.84 bits per heavy atom. The largest absolute Gasteiger partial charge is 0.507 e. The van der Waals surface area contributed by atoms with Crippen molar-refractivity contribution in [1.29, 1.82) is 0 Å². The van der Waals surface area contributed by atoms with E-state index >= 15 is 0 Å². The number of aliphatic hydroxyl groups is 2. The first-order valence-corrected chi connectivity index (χ1v) is 12.3. The third-order valence-electron chi connectivity index (χ3n) is 8.03. The van der Waals surface area contributed by atoms with E-state index in [2.05, 4.69) is 0 Å². The molecule has 6 atom stereocenters. The summed E-state index contributed by atoms with van der Waals surface area (Å²) in [6, 6.07) is 3.79. The summed E-state index contributed by atoms with van der Waals surface area (Å²) in [5.41, 5.74) is 2.74. The van der Waals surface area contributed by atoms with Crippen molar-refractivity contribution in [2.75, 3.05) is 7.11 Å². The van der Waals surface area contributed by atoms with E-state index in [1.54, 1.807) is 6.92 Å². The van der Waals surface area contributed by atoms with Gasteiger partial charge in [0.05, 0.1) is 42.1 Å². The second kappa shape index (κ2) is 9.05. The number of benzene rings is 2. The molecule has 1 heterocycles. The lowest BCUT2D eigenvalue weighted by molar-refractivity contribution is -0.161. The molecule has 7 N–H and O–H groups in total. The average molecular weight is 528 g/mol. The third-order valence-corrected chi connectivity index (χ3v) is 8.03. The molecule has 202 valence electrons. The normalized spacial score (nSPS) is 30.3. The highest BCUT2D eigenvalue weighted by atomic mass is 16.5. The van der Waals surface area contributed by atoms with Crippen LogP contribution in [0, 0.1) is 0 Å². The number of ketones is 2. The topological polar surface area (TPSA) is 197 Å². The number of carboxylic acid groups (broad SMARTS) is 1. The van der Waals surface area contributed by atoms with Gasteiger partial charge in [0.15, 0.2) is 11.4 Å². The molecular weight excluding hydrogens is 498 g/mol. The van der Waals surface area contributed by atoms with E-state index in [0.29, 0.717) is 0 Å². The van der Waals surface area contributed by atoms with Crippen molar-refractivity contribution in [2.24, 2.45) is 5.73 Å². The van der Waals surface area contributed by atoms with Crippen molar-refractivity contribution in [2.45, 2.75) is 68.5 Å². The first-order valence-electron chi connectivity index (χ1n) is 12.3. The molecule has 0 bridgehead atoms. The van der Waals surface area contributed by atoms with Crippen LogP contribution >= 0.6 is 0 Å². The fraction of sp³-hybridized carbons (Fsp3) is 0.444. The maximum Gasteiger partial charge on any atom is 0.336 e. The Labute approximate surface area is 217 Å². The van der Waals surface area contributed by atoms with Gasteiger partial charge >= 0.3 is 5.97 Å². The lowest BCUT2D eigenvalue weighted by Gasteiger charge is -2.41. The van der Waals surface area contributed by atoms with E-state index < -0.39 is 82.5 Å². The number of hydrogen-bond acceptors (Lipinski definition) is 10. The van der Waals surface area contributed by atoms with Gasteiger partial charge in [-0.25, -0.2) is 4.79 Å². The highest BCUT2D eigenvalue weighted by molar-refractivity contribution is 6.31. The Hall–Kier alpha value is -3.51. The molecule has 0 radical (unpaired) electrons. The Morgan fingerprint density at radius 1 is 1.16 bits per heavy atom. The van der Waals surface area contributed by atoms with Crippen molar-refractivity contribution >= 4 is 17.5 Å². The van der Waals surface area contributed by atoms with Crippen LogP contribution in [-0.2, 0) is 16.0 Å². The Balaban J connectivity index is 1.68. The summed E-state index contributed by atoms with van der Waals surface area (Å²) in [6.45, 7) is 1.65. The zero-order chi connectivity index (χ0) is 27.7. The van der Waals surface area contributed by atoms with E-state index in [-0.39, 0.29) is 47.3 Å². The average Bonchev–Trinajstić information content (AvgIpc) is 2.87. The molecule has 0 aromatic heterocycles. The smallest absolute Gasteiger partial charge is 0.336 e. The minimum Gasteiger partial charge on any atom is -0.507 e. The molecule has 0 unspecified atom stereocenters. The lowest BCUT2D eigenvalue weighted by Crippen LogP contribution is -2.52. The van der Waals surface area contributed by atoms with Gasteiger partial charge in [0.1, 0.15) is 17.2 Å². The van der Waals surface area contributed by atoms with Gasteiger partial charge in [-0.15, -0.1) is 0 Å². The van der Waals surface area contributed by atoms with Crippen LogP contribution in [0.1, 0.15) is 75.1 Å². The Kier molecular flexibility index (Phi) is 6.22. The minimum absolute atomic E-state index is 0.0329. The quantitative estimate of drug-likeness (QED) is 0.265. The summed E-state index contributed by atoms with van der Waals surface area (Å²) in [5.74, 6) is -4.99. The first-order chi connectivity index (χ1) is 17.9. The number of hydrogen-bond donors (Lipinski definition) is 6. The van der Waals surface area contributed by atoms with E-state index in [1.165, 1.54) is 25.3 Å². The van der Waals surface area contributed by atoms with Gasteiger partial charge in [-0.1, -0.05) is 12.1 Å². The molecule has 1 saturated heterocycles. The molecule has 2 aliphatic carbocycles. The molecule has 0 amide bonds. The SMILES string of the molecule is COc1cccc2c1C(=O)c1c(O)c3c(c(O)c1C2=O)C[C@@](O)(C(=O)O)C[C@@H]3C[C@H]1C[C@H](N)[C@H](O)[C@H](C)O1. The van der Waals surface area contributed by atoms with Crippen LogP contribution in [0.2, 0.25) is 0 Å². The molecule has 5 rings (SSSR count). The number of methoxy groups -OCH3 is 1. The second-order valence-corrected chi connectivity index (χ2v) is 10.4. The van der Waals surface area contributed by atoms with E-state index in [1.807, 2.05) is 0 Å². The number of carboxylic acids is 1. The van der Waals surface area contributed by atoms with Crippen molar-refractivity contribution in [3.8, 4) is 17.2 Å². The molecule has 11 nitrogen and oxygen atoms in total. The van der Waals surface area contributed by atoms with Gasteiger partial charge in [-0.05, 0) is 38.2 Å². The number of aromatic hydroxyl groups is 2. The number of rotatable bonds is 4. The highest BCUT2D eigenvalue weighted by Crippen LogP contribution is 2.53. The summed E-state index contributed by atoms with van der Waals surface area (Å²) in [7, 11) is 1.34. The molecule has 38 heavy (non-hydrogen) atoms. The van der Waals surface area contributed by atoms with Crippen LogP contribution in [0.3, 0.4) is 0 Å². The standard InChI is InChI=1S/C27H29NO10/c1-10-21(29)15(28)7-12(38-10)6-11-8-27(36,26(34)35)9-14-17(11)24(32)20-19(23(14)31)22(30)13-4-3-5-16(37-2)18(13)25(20)33/h3-5,10-12,15,21,29,31-32,36H,6-9,28H2,1-2H3,(H,34,35)/t10-,11-,12-,15-,21+,27+/m0/s1. The number of carbonyl (C=O) groups is 3. The van der Waals surface area contributed by atoms with Crippen LogP contribution < -0.4 is 10.5 Å². The van der Waals surface area contributed by atoms with Crippen molar-refractivity contribution < 1.29 is 49.4 Å².